The molecule has 1 aliphatic heterocycles. The third-order valence-corrected chi connectivity index (χ3v) is 4.15. The molecule has 0 saturated carbocycles. The quantitative estimate of drug-likeness (QED) is 0.893. The number of fused-ring (bicyclic) bond motifs is 1. The number of nitrogens with zero attached hydrogens (tertiary/aromatic N) is 1. The lowest BCUT2D eigenvalue weighted by Gasteiger charge is -2.30. The Morgan fingerprint density at radius 3 is 2.73 bits per heavy atom. The van der Waals surface area contributed by atoms with Gasteiger partial charge in [0.25, 0.3) is 0 Å². The number of piperidine rings is 1. The molecule has 1 fully saturated rings. The van der Waals surface area contributed by atoms with Crippen LogP contribution in [0.1, 0.15) is 18.4 Å². The zero-order valence-electron chi connectivity index (χ0n) is 12.3. The predicted octanol–water partition coefficient (Wildman–Crippen LogP) is 3.07. The van der Waals surface area contributed by atoms with Crippen molar-refractivity contribution < 1.29 is 19.1 Å². The molecule has 0 bridgehead atoms. The topological polar surface area (TPSA) is 82.8 Å². The van der Waals surface area contributed by atoms with E-state index in [1.54, 1.807) is 17.2 Å². The number of amides is 2. The minimum atomic E-state index is -0.777. The summed E-state index contributed by atoms with van der Waals surface area (Å²) in [5.74, 6) is -1.12. The average Bonchev–Trinajstić information content (AvgIpc) is 2.88. The highest BCUT2D eigenvalue weighted by molar-refractivity contribution is 5.93. The Morgan fingerprint density at radius 2 is 2.05 bits per heavy atom. The molecule has 0 spiro atoms. The van der Waals surface area contributed by atoms with Crippen LogP contribution in [0.5, 0.6) is 0 Å². The molecule has 1 aromatic carbocycles. The first-order valence-electron chi connectivity index (χ1n) is 7.31. The van der Waals surface area contributed by atoms with Crippen LogP contribution >= 0.6 is 0 Å². The Bertz CT molecular complexity index is 714. The van der Waals surface area contributed by atoms with E-state index in [0.717, 1.165) is 16.5 Å². The largest absolute Gasteiger partial charge is 0.481 e. The standard InChI is InChI=1S/C16H18N2O4/c1-10-9-22-14-3-2-12(8-13(10)14)17-16(21)18-6-4-11(5-7-18)15(19)20/h2-3,8-9,11H,4-7H2,1H3,(H,17,21)(H,19,20). The van der Waals surface area contributed by atoms with E-state index in [1.807, 2.05) is 19.1 Å². The Labute approximate surface area is 127 Å². The summed E-state index contributed by atoms with van der Waals surface area (Å²) >= 11 is 0. The highest BCUT2D eigenvalue weighted by atomic mass is 16.4. The van der Waals surface area contributed by atoms with Crippen molar-refractivity contribution in [3.63, 3.8) is 0 Å². The Morgan fingerprint density at radius 1 is 1.32 bits per heavy atom. The van der Waals surface area contributed by atoms with Gasteiger partial charge in [-0.05, 0) is 43.5 Å². The second kappa shape index (κ2) is 5.71. The maximum atomic E-state index is 12.2. The molecule has 2 amide bonds. The van der Waals surface area contributed by atoms with E-state index >= 15 is 0 Å². The SMILES string of the molecule is Cc1coc2ccc(NC(=O)N3CCC(C(=O)O)CC3)cc12. The third kappa shape index (κ3) is 2.77. The number of likely N-dealkylation sites (tertiary alicyclic amines) is 1. The van der Waals surface area contributed by atoms with Gasteiger partial charge in [-0.3, -0.25) is 4.79 Å². The molecule has 0 aliphatic carbocycles. The van der Waals surface area contributed by atoms with E-state index in [-0.39, 0.29) is 11.9 Å². The summed E-state index contributed by atoms with van der Waals surface area (Å²) in [6, 6.07) is 5.32. The Kier molecular flexibility index (Phi) is 3.75. The fourth-order valence-electron chi connectivity index (χ4n) is 2.77. The molecule has 6 heteroatoms. The normalized spacial score (nSPS) is 16.0. The second-order valence-corrected chi connectivity index (χ2v) is 5.66. The van der Waals surface area contributed by atoms with Crippen molar-refractivity contribution in [1.82, 2.24) is 4.90 Å². The molecular formula is C16H18N2O4. The van der Waals surface area contributed by atoms with Crippen LogP contribution in [-0.4, -0.2) is 35.1 Å². The lowest BCUT2D eigenvalue weighted by molar-refractivity contribution is -0.143. The molecule has 0 atom stereocenters. The van der Waals surface area contributed by atoms with Crippen molar-refractivity contribution in [3.05, 3.63) is 30.0 Å². The number of carboxylic acid groups (broad SMARTS) is 1. The number of carbonyl (C=O) groups excluding carboxylic acids is 1. The Balaban J connectivity index is 1.66. The second-order valence-electron chi connectivity index (χ2n) is 5.66. The van der Waals surface area contributed by atoms with Crippen LogP contribution in [0.3, 0.4) is 0 Å². The van der Waals surface area contributed by atoms with E-state index < -0.39 is 5.97 Å². The monoisotopic (exact) mass is 302 g/mol. The lowest BCUT2D eigenvalue weighted by atomic mass is 9.97. The summed E-state index contributed by atoms with van der Waals surface area (Å²) < 4.78 is 5.38. The summed E-state index contributed by atoms with van der Waals surface area (Å²) in [5.41, 5.74) is 2.52. The van der Waals surface area contributed by atoms with Gasteiger partial charge in [0.05, 0.1) is 12.2 Å². The fourth-order valence-corrected chi connectivity index (χ4v) is 2.77. The first-order valence-corrected chi connectivity index (χ1v) is 7.31. The highest BCUT2D eigenvalue weighted by Gasteiger charge is 2.26. The molecule has 6 nitrogen and oxygen atoms in total. The van der Waals surface area contributed by atoms with Crippen molar-refractivity contribution in [2.24, 2.45) is 5.92 Å². The maximum Gasteiger partial charge on any atom is 0.321 e. The van der Waals surface area contributed by atoms with Crippen LogP contribution in [0, 0.1) is 12.8 Å². The van der Waals surface area contributed by atoms with Gasteiger partial charge in [-0.2, -0.15) is 0 Å². The number of furan rings is 1. The zero-order valence-corrected chi connectivity index (χ0v) is 12.3. The summed E-state index contributed by atoms with van der Waals surface area (Å²) in [4.78, 5) is 24.8. The maximum absolute atomic E-state index is 12.2. The molecule has 2 aromatic rings. The number of carboxylic acids is 1. The summed E-state index contributed by atoms with van der Waals surface area (Å²) in [6.45, 7) is 2.89. The van der Waals surface area contributed by atoms with E-state index in [2.05, 4.69) is 5.32 Å². The minimum absolute atomic E-state index is 0.190. The molecular weight excluding hydrogens is 284 g/mol. The number of aryl methyl sites for hydroxylation is 1. The molecule has 22 heavy (non-hydrogen) atoms. The molecule has 1 aromatic heterocycles. The predicted molar refractivity (Wildman–Crippen MR) is 81.9 cm³/mol. The third-order valence-electron chi connectivity index (χ3n) is 4.15. The van der Waals surface area contributed by atoms with Gasteiger partial charge in [0.1, 0.15) is 5.58 Å². The van der Waals surface area contributed by atoms with Crippen LogP contribution < -0.4 is 5.32 Å². The van der Waals surface area contributed by atoms with E-state index in [9.17, 15) is 9.59 Å². The number of hydrogen-bond acceptors (Lipinski definition) is 3. The molecule has 1 saturated heterocycles. The van der Waals surface area contributed by atoms with Crippen molar-refractivity contribution in [1.29, 1.82) is 0 Å². The van der Waals surface area contributed by atoms with Gasteiger partial charge >= 0.3 is 12.0 Å². The van der Waals surface area contributed by atoms with Gasteiger partial charge < -0.3 is 19.7 Å². The van der Waals surface area contributed by atoms with Gasteiger partial charge in [0.2, 0.25) is 0 Å². The number of nitrogens with one attached hydrogen (secondary N) is 1. The van der Waals surface area contributed by atoms with Gasteiger partial charge in [-0.1, -0.05) is 0 Å². The summed E-state index contributed by atoms with van der Waals surface area (Å²) in [5, 5.41) is 12.8. The van der Waals surface area contributed by atoms with Crippen molar-refractivity contribution in [2.45, 2.75) is 19.8 Å². The first kappa shape index (κ1) is 14.4. The van der Waals surface area contributed by atoms with Crippen molar-refractivity contribution in [2.75, 3.05) is 18.4 Å². The fraction of sp³-hybridized carbons (Fsp3) is 0.375. The number of hydrogen-bond donors (Lipinski definition) is 2. The molecule has 0 radical (unpaired) electrons. The molecule has 1 aliphatic rings. The number of urea groups is 1. The highest BCUT2D eigenvalue weighted by Crippen LogP contribution is 2.24. The van der Waals surface area contributed by atoms with E-state index in [1.165, 1.54) is 0 Å². The van der Waals surface area contributed by atoms with Crippen LogP contribution in [0.25, 0.3) is 11.0 Å². The van der Waals surface area contributed by atoms with Gasteiger partial charge in [-0.15, -0.1) is 0 Å². The molecule has 2 heterocycles. The van der Waals surface area contributed by atoms with E-state index in [0.29, 0.717) is 31.6 Å². The number of aliphatic carboxylic acids is 1. The number of anilines is 1. The van der Waals surface area contributed by atoms with Crippen molar-refractivity contribution in [3.8, 4) is 0 Å². The lowest BCUT2D eigenvalue weighted by Crippen LogP contribution is -2.42. The van der Waals surface area contributed by atoms with Crippen LogP contribution in [0.2, 0.25) is 0 Å². The average molecular weight is 302 g/mol. The molecule has 116 valence electrons. The van der Waals surface area contributed by atoms with Gasteiger partial charge in [-0.25, -0.2) is 4.79 Å². The molecule has 3 rings (SSSR count). The zero-order chi connectivity index (χ0) is 15.7. The Hall–Kier alpha value is -2.50. The number of rotatable bonds is 2. The van der Waals surface area contributed by atoms with Gasteiger partial charge in [0.15, 0.2) is 0 Å². The molecule has 2 N–H and O–H groups in total. The van der Waals surface area contributed by atoms with Crippen LogP contribution in [0.15, 0.2) is 28.9 Å². The number of carbonyl (C=O) groups is 2. The van der Waals surface area contributed by atoms with E-state index in [4.69, 9.17) is 9.52 Å². The van der Waals surface area contributed by atoms with Crippen LogP contribution in [0.4, 0.5) is 10.5 Å². The summed E-state index contributed by atoms with van der Waals surface area (Å²) in [7, 11) is 0. The van der Waals surface area contributed by atoms with Crippen LogP contribution in [-0.2, 0) is 4.79 Å². The molecule has 0 unspecified atom stereocenters. The minimum Gasteiger partial charge on any atom is -0.481 e. The summed E-state index contributed by atoms with van der Waals surface area (Å²) in [6.07, 6.45) is 2.69. The van der Waals surface area contributed by atoms with Crippen molar-refractivity contribution >= 4 is 28.7 Å². The van der Waals surface area contributed by atoms with Gasteiger partial charge in [0, 0.05) is 24.2 Å². The number of benzene rings is 1. The smallest absolute Gasteiger partial charge is 0.321 e. The first-order chi connectivity index (χ1) is 10.5.